The molecule has 142 valence electrons. The number of nitrogens with zero attached hydrogens (tertiary/aromatic N) is 4. The van der Waals surface area contributed by atoms with Gasteiger partial charge in [0.1, 0.15) is 5.82 Å². The van der Waals surface area contributed by atoms with Crippen LogP contribution in [0.25, 0.3) is 16.6 Å². The zero-order valence-electron chi connectivity index (χ0n) is 14.9. The summed E-state index contributed by atoms with van der Waals surface area (Å²) in [7, 11) is 0. The van der Waals surface area contributed by atoms with E-state index in [9.17, 15) is 13.6 Å². The summed E-state index contributed by atoms with van der Waals surface area (Å²) in [6.45, 7) is -0.702. The Kier molecular flexibility index (Phi) is 4.95. The molecule has 0 bridgehead atoms. The maximum Gasteiger partial charge on any atom is 0.319 e. The number of hydrogen-bond acceptors (Lipinski definition) is 4. The van der Waals surface area contributed by atoms with Gasteiger partial charge in [-0.15, -0.1) is 0 Å². The first kappa shape index (κ1) is 18.4. The first-order chi connectivity index (χ1) is 13.5. The van der Waals surface area contributed by atoms with Gasteiger partial charge in [0, 0.05) is 12.4 Å². The SMILES string of the molecule is Cc1ccc(-n2c(SCc3nccn3C(F)F)nc3ccccc3c2=O)cc1. The second-order valence-electron chi connectivity index (χ2n) is 6.20. The number of aromatic nitrogens is 4. The number of thioether (sulfide) groups is 1. The summed E-state index contributed by atoms with van der Waals surface area (Å²) in [5.41, 5.74) is 2.11. The Balaban J connectivity index is 1.81. The molecule has 0 saturated carbocycles. The molecule has 0 spiro atoms. The van der Waals surface area contributed by atoms with Crippen molar-refractivity contribution >= 4 is 22.7 Å². The number of fused-ring (bicyclic) bond motifs is 1. The van der Waals surface area contributed by atoms with Crippen molar-refractivity contribution in [3.8, 4) is 5.69 Å². The Hall–Kier alpha value is -3.00. The van der Waals surface area contributed by atoms with Crippen molar-refractivity contribution in [2.45, 2.75) is 24.4 Å². The molecule has 0 aliphatic rings. The molecule has 0 N–H and O–H groups in total. The summed E-state index contributed by atoms with van der Waals surface area (Å²) in [4.78, 5) is 21.7. The Labute approximate surface area is 163 Å². The lowest BCUT2D eigenvalue weighted by molar-refractivity contribution is 0.0678. The molecule has 2 heterocycles. The van der Waals surface area contributed by atoms with Crippen molar-refractivity contribution in [2.75, 3.05) is 0 Å². The number of aryl methyl sites for hydroxylation is 1. The lowest BCUT2D eigenvalue weighted by Crippen LogP contribution is -2.21. The fourth-order valence-electron chi connectivity index (χ4n) is 2.89. The number of imidazole rings is 1. The molecule has 0 aliphatic carbocycles. The van der Waals surface area contributed by atoms with Gasteiger partial charge >= 0.3 is 6.55 Å². The van der Waals surface area contributed by atoms with Crippen molar-refractivity contribution in [2.24, 2.45) is 0 Å². The van der Waals surface area contributed by atoms with Crippen LogP contribution in [0, 0.1) is 6.92 Å². The highest BCUT2D eigenvalue weighted by Gasteiger charge is 2.16. The number of benzene rings is 2. The second kappa shape index (κ2) is 7.55. The molecule has 4 aromatic rings. The van der Waals surface area contributed by atoms with Crippen LogP contribution in [0.15, 0.2) is 70.9 Å². The van der Waals surface area contributed by atoms with Crippen LogP contribution in [-0.4, -0.2) is 19.1 Å². The van der Waals surface area contributed by atoms with Crippen LogP contribution in [0.2, 0.25) is 0 Å². The fourth-order valence-corrected chi connectivity index (χ4v) is 3.86. The van der Waals surface area contributed by atoms with E-state index in [4.69, 9.17) is 0 Å². The van der Waals surface area contributed by atoms with Gasteiger partial charge in [-0.1, -0.05) is 41.6 Å². The van der Waals surface area contributed by atoms with Crippen LogP contribution in [0.5, 0.6) is 0 Å². The summed E-state index contributed by atoms with van der Waals surface area (Å²) in [5.74, 6) is 0.381. The number of halogens is 2. The van der Waals surface area contributed by atoms with E-state index in [0.29, 0.717) is 21.7 Å². The molecule has 0 saturated heterocycles. The summed E-state index contributed by atoms with van der Waals surface area (Å²) in [5, 5.41) is 0.929. The van der Waals surface area contributed by atoms with Gasteiger partial charge in [-0.2, -0.15) is 8.78 Å². The normalized spacial score (nSPS) is 11.4. The van der Waals surface area contributed by atoms with E-state index >= 15 is 0 Å². The Bertz CT molecular complexity index is 1190. The van der Waals surface area contributed by atoms with Crippen molar-refractivity contribution in [1.29, 1.82) is 0 Å². The largest absolute Gasteiger partial charge is 0.319 e. The molecule has 0 radical (unpaired) electrons. The minimum atomic E-state index is -2.66. The van der Waals surface area contributed by atoms with E-state index < -0.39 is 6.55 Å². The standard InChI is InChI=1S/C20H16F2N4OS/c1-13-6-8-14(9-7-13)26-18(27)15-4-2-3-5-16(15)24-20(26)28-12-17-23-10-11-25(17)19(21)22/h2-11,19H,12H2,1H3. The molecule has 5 nitrogen and oxygen atoms in total. The first-order valence-electron chi connectivity index (χ1n) is 8.56. The van der Waals surface area contributed by atoms with Crippen LogP contribution in [-0.2, 0) is 5.75 Å². The summed E-state index contributed by atoms with van der Waals surface area (Å²) >= 11 is 1.20. The quantitative estimate of drug-likeness (QED) is 0.365. The third kappa shape index (κ3) is 3.43. The topological polar surface area (TPSA) is 52.7 Å². The maximum absolute atomic E-state index is 13.1. The summed E-state index contributed by atoms with van der Waals surface area (Å²) in [6, 6.07) is 14.6. The molecule has 2 aromatic carbocycles. The molecular weight excluding hydrogens is 382 g/mol. The van der Waals surface area contributed by atoms with Gasteiger partial charge in [-0.05, 0) is 31.2 Å². The average molecular weight is 398 g/mol. The maximum atomic E-state index is 13.1. The predicted octanol–water partition coefficient (Wildman–Crippen LogP) is 4.58. The zero-order chi connectivity index (χ0) is 19.7. The minimum absolute atomic E-state index is 0.161. The zero-order valence-corrected chi connectivity index (χ0v) is 15.7. The summed E-state index contributed by atoms with van der Waals surface area (Å²) in [6.07, 6.45) is 2.57. The highest BCUT2D eigenvalue weighted by atomic mass is 32.2. The van der Waals surface area contributed by atoms with E-state index in [-0.39, 0.29) is 17.1 Å². The number of para-hydroxylation sites is 1. The Morgan fingerprint density at radius 2 is 1.86 bits per heavy atom. The van der Waals surface area contributed by atoms with E-state index in [2.05, 4.69) is 9.97 Å². The van der Waals surface area contributed by atoms with Gasteiger partial charge in [-0.25, -0.2) is 9.97 Å². The lowest BCUT2D eigenvalue weighted by Gasteiger charge is -2.13. The molecule has 2 aromatic heterocycles. The molecule has 0 aliphatic heterocycles. The van der Waals surface area contributed by atoms with Gasteiger partial charge in [0.25, 0.3) is 5.56 Å². The Morgan fingerprint density at radius 1 is 1.11 bits per heavy atom. The van der Waals surface area contributed by atoms with Crippen molar-refractivity contribution in [1.82, 2.24) is 19.1 Å². The molecule has 0 amide bonds. The highest BCUT2D eigenvalue weighted by Crippen LogP contribution is 2.25. The Morgan fingerprint density at radius 3 is 2.61 bits per heavy atom. The molecular formula is C20H16F2N4OS. The van der Waals surface area contributed by atoms with Crippen LogP contribution in [0.4, 0.5) is 8.78 Å². The van der Waals surface area contributed by atoms with Gasteiger partial charge in [0.2, 0.25) is 0 Å². The van der Waals surface area contributed by atoms with E-state index in [1.165, 1.54) is 28.7 Å². The van der Waals surface area contributed by atoms with E-state index in [0.717, 1.165) is 10.1 Å². The number of rotatable bonds is 5. The van der Waals surface area contributed by atoms with Gasteiger partial charge in [0.05, 0.1) is 22.3 Å². The third-order valence-electron chi connectivity index (χ3n) is 4.33. The third-order valence-corrected chi connectivity index (χ3v) is 5.26. The summed E-state index contributed by atoms with van der Waals surface area (Å²) < 4.78 is 28.5. The first-order valence-corrected chi connectivity index (χ1v) is 9.54. The number of alkyl halides is 2. The minimum Gasteiger partial charge on any atom is -0.277 e. The predicted molar refractivity (Wildman–Crippen MR) is 105 cm³/mol. The van der Waals surface area contributed by atoms with Crippen molar-refractivity contribution in [3.05, 3.63) is 82.7 Å². The molecule has 4 rings (SSSR count). The van der Waals surface area contributed by atoms with Crippen LogP contribution >= 0.6 is 11.8 Å². The fraction of sp³-hybridized carbons (Fsp3) is 0.150. The van der Waals surface area contributed by atoms with Gasteiger partial charge in [0.15, 0.2) is 5.16 Å². The van der Waals surface area contributed by atoms with Gasteiger partial charge < -0.3 is 0 Å². The van der Waals surface area contributed by atoms with Crippen LogP contribution < -0.4 is 5.56 Å². The van der Waals surface area contributed by atoms with Crippen molar-refractivity contribution in [3.63, 3.8) is 0 Å². The lowest BCUT2D eigenvalue weighted by atomic mass is 10.2. The monoisotopic (exact) mass is 398 g/mol. The van der Waals surface area contributed by atoms with E-state index in [1.54, 1.807) is 18.2 Å². The van der Waals surface area contributed by atoms with E-state index in [1.807, 2.05) is 37.3 Å². The van der Waals surface area contributed by atoms with Crippen LogP contribution in [0.1, 0.15) is 17.9 Å². The molecule has 0 atom stereocenters. The smallest absolute Gasteiger partial charge is 0.277 e. The molecule has 8 heteroatoms. The highest BCUT2D eigenvalue weighted by molar-refractivity contribution is 7.98. The number of hydrogen-bond donors (Lipinski definition) is 0. The second-order valence-corrected chi connectivity index (χ2v) is 7.15. The average Bonchev–Trinajstić information content (AvgIpc) is 3.16. The molecule has 28 heavy (non-hydrogen) atoms. The molecule has 0 fully saturated rings. The van der Waals surface area contributed by atoms with Gasteiger partial charge in [-0.3, -0.25) is 13.9 Å². The van der Waals surface area contributed by atoms with Crippen molar-refractivity contribution < 1.29 is 8.78 Å². The molecule has 0 unspecified atom stereocenters. The van der Waals surface area contributed by atoms with Crippen LogP contribution in [0.3, 0.4) is 0 Å².